The van der Waals surface area contributed by atoms with Crippen LogP contribution >= 0.6 is 0 Å². The zero-order valence-corrected chi connectivity index (χ0v) is 40.6. The molecule has 0 radical (unpaired) electrons. The van der Waals surface area contributed by atoms with Crippen LogP contribution in [-0.2, 0) is 55.8 Å². The summed E-state index contributed by atoms with van der Waals surface area (Å²) in [7, 11) is 0. The fraction of sp³-hybridized carbons (Fsp3) is 0.756. The minimum atomic E-state index is -1.21. The van der Waals surface area contributed by atoms with Gasteiger partial charge in [-0.3, -0.25) is 4.79 Å². The van der Waals surface area contributed by atoms with Crippen LogP contribution in [0.3, 0.4) is 0 Å². The number of hydrogen-bond acceptors (Lipinski definition) is 13. The van der Waals surface area contributed by atoms with Crippen LogP contribution in [0.4, 0.5) is 14.4 Å². The second-order valence-electron chi connectivity index (χ2n) is 21.3. The van der Waals surface area contributed by atoms with Crippen LogP contribution in [0.25, 0.3) is 0 Å². The lowest BCUT2D eigenvalue weighted by molar-refractivity contribution is -0.698. The molecule has 1 aromatic rings. The van der Waals surface area contributed by atoms with E-state index in [9.17, 15) is 33.9 Å². The summed E-state index contributed by atoms with van der Waals surface area (Å²) in [5.41, 5.74) is -4.56. The van der Waals surface area contributed by atoms with Crippen molar-refractivity contribution in [3.8, 4) is 5.75 Å². The van der Waals surface area contributed by atoms with E-state index in [2.05, 4.69) is 16.0 Å². The number of aromatic hydroxyl groups is 1. The molecule has 1 rings (SSSR count). The van der Waals surface area contributed by atoms with Gasteiger partial charge in [-0.2, -0.15) is 0 Å². The smallest absolute Gasteiger partial charge is 0.408 e. The van der Waals surface area contributed by atoms with Crippen LogP contribution < -0.4 is 20.5 Å². The van der Waals surface area contributed by atoms with Gasteiger partial charge in [0.05, 0.1) is 12.5 Å². The first-order valence-electron chi connectivity index (χ1n) is 21.2. The third kappa shape index (κ3) is 24.6. The molecule has 1 heterocycles. The van der Waals surface area contributed by atoms with Gasteiger partial charge in [0, 0.05) is 17.5 Å². The highest BCUT2D eigenvalue weighted by Gasteiger charge is 2.34. The van der Waals surface area contributed by atoms with E-state index in [-0.39, 0.29) is 30.6 Å². The first-order valence-corrected chi connectivity index (χ1v) is 21.2. The molecular formula is C45H77N4O13+. The highest BCUT2D eigenvalue weighted by Crippen LogP contribution is 2.32. The molecule has 17 heteroatoms. The molecule has 3 amide bonds. The van der Waals surface area contributed by atoms with Crippen molar-refractivity contribution in [1.82, 2.24) is 16.0 Å². The maximum atomic E-state index is 13.5. The van der Waals surface area contributed by atoms with Gasteiger partial charge < -0.3 is 49.5 Å². The summed E-state index contributed by atoms with van der Waals surface area (Å²) < 4.78 is 34.9. The number of pyridine rings is 1. The monoisotopic (exact) mass is 882 g/mol. The number of amides is 3. The molecule has 3 atom stereocenters. The van der Waals surface area contributed by atoms with Gasteiger partial charge >= 0.3 is 36.2 Å². The summed E-state index contributed by atoms with van der Waals surface area (Å²) in [4.78, 5) is 78.9. The van der Waals surface area contributed by atoms with E-state index in [1.165, 1.54) is 6.20 Å². The molecule has 0 saturated carbocycles. The number of hydrogen-bond donors (Lipinski definition) is 4. The van der Waals surface area contributed by atoms with Crippen LogP contribution in [0, 0.1) is 0 Å². The summed E-state index contributed by atoms with van der Waals surface area (Å²) in [6, 6.07) is -3.38. The number of rotatable bonds is 16. The molecule has 0 saturated heterocycles. The topological polar surface area (TPSA) is 218 Å². The van der Waals surface area contributed by atoms with Crippen LogP contribution in [0.2, 0.25) is 0 Å². The molecule has 0 aliphatic rings. The van der Waals surface area contributed by atoms with Crippen LogP contribution in [0.1, 0.15) is 174 Å². The summed E-state index contributed by atoms with van der Waals surface area (Å²) >= 11 is 0. The Kier molecular flexibility index (Phi) is 19.6. The summed E-state index contributed by atoms with van der Waals surface area (Å²) in [6.45, 7) is 30.9. The fourth-order valence-electron chi connectivity index (χ4n) is 5.74. The number of alkyl carbamates (subject to hydrolysis) is 3. The summed E-state index contributed by atoms with van der Waals surface area (Å²) in [6.07, 6.45) is 1.33. The van der Waals surface area contributed by atoms with Gasteiger partial charge in [-0.1, -0.05) is 0 Å². The molecular weight excluding hydrogens is 805 g/mol. The second-order valence-corrected chi connectivity index (χ2v) is 21.3. The van der Waals surface area contributed by atoms with Crippen molar-refractivity contribution < 1.29 is 66.9 Å². The number of aryl methyl sites for hydroxylation is 2. The van der Waals surface area contributed by atoms with Gasteiger partial charge in [0.1, 0.15) is 52.2 Å². The minimum absolute atomic E-state index is 0.0186. The van der Waals surface area contributed by atoms with Crippen molar-refractivity contribution >= 4 is 36.2 Å². The zero-order chi connectivity index (χ0) is 48.2. The molecule has 0 spiro atoms. The standard InChI is InChI=1S/C45H76N4O13/c1-40(2,3)57-33(51)25-31(48-39(56)62-45(16,17)18)34-28(22-23-30(36(53)59-42(7,8)9)47-38(55)61-44(13,14)15)26-49(27-32(34)50)24-20-19-21-29(35(52)58-41(4,5)6)46-37(54)60-43(10,11)12/h26-27,29-31H,19-25H2,1-18H3,(H3-,46,47,48,50,54,55,56)/p+1. The lowest BCUT2D eigenvalue weighted by Crippen LogP contribution is -2.46. The van der Waals surface area contributed by atoms with E-state index in [4.69, 9.17) is 28.4 Å². The normalized spacial score (nSPS) is 14.0. The molecule has 62 heavy (non-hydrogen) atoms. The van der Waals surface area contributed by atoms with Crippen LogP contribution in [0.5, 0.6) is 5.75 Å². The highest BCUT2D eigenvalue weighted by molar-refractivity contribution is 5.82. The average molecular weight is 882 g/mol. The van der Waals surface area contributed by atoms with E-state index in [0.29, 0.717) is 24.9 Å². The third-order valence-electron chi connectivity index (χ3n) is 7.69. The minimum Gasteiger partial charge on any atom is -0.502 e. The Morgan fingerprint density at radius 1 is 0.532 bits per heavy atom. The Labute approximate surface area is 369 Å². The largest absolute Gasteiger partial charge is 0.502 e. The molecule has 0 aliphatic carbocycles. The average Bonchev–Trinajstić information content (AvgIpc) is 2.98. The number of nitrogens with one attached hydrogen (secondary N) is 3. The summed E-state index contributed by atoms with van der Waals surface area (Å²) in [5.74, 6) is -2.30. The number of ether oxygens (including phenoxy) is 6. The fourth-order valence-corrected chi connectivity index (χ4v) is 5.74. The van der Waals surface area contributed by atoms with E-state index in [1.807, 2.05) is 0 Å². The van der Waals surface area contributed by atoms with Gasteiger partial charge in [-0.05, 0) is 150 Å². The number of aromatic nitrogens is 1. The number of esters is 3. The SMILES string of the molecule is CC(C)(C)OC(=O)CC(NC(=O)OC(C)(C)C)c1c(O)c[n+](CCCCC(NC(=O)OC(C)(C)C)C(=O)OC(C)(C)C)cc1CCC(NC(=O)OC(C)(C)C)C(=O)OC(C)(C)C. The first kappa shape index (κ1) is 55.2. The molecule has 17 nitrogen and oxygen atoms in total. The third-order valence-corrected chi connectivity index (χ3v) is 7.69. The summed E-state index contributed by atoms with van der Waals surface area (Å²) in [5, 5.41) is 19.8. The quantitative estimate of drug-likeness (QED) is 0.0546. The molecule has 4 N–H and O–H groups in total. The Hall–Kier alpha value is -4.83. The van der Waals surface area contributed by atoms with Crippen molar-refractivity contribution in [2.75, 3.05) is 0 Å². The number of unbranched alkanes of at least 4 members (excludes halogenated alkanes) is 1. The van der Waals surface area contributed by atoms with Crippen LogP contribution in [0.15, 0.2) is 12.4 Å². The second kappa shape index (κ2) is 22.0. The maximum Gasteiger partial charge on any atom is 0.408 e. The molecule has 0 aliphatic heterocycles. The molecule has 3 unspecified atom stereocenters. The lowest BCUT2D eigenvalue weighted by Gasteiger charge is -2.27. The van der Waals surface area contributed by atoms with E-state index in [0.717, 1.165) is 0 Å². The highest BCUT2D eigenvalue weighted by atomic mass is 16.6. The van der Waals surface area contributed by atoms with Crippen molar-refractivity contribution in [3.63, 3.8) is 0 Å². The van der Waals surface area contributed by atoms with Crippen molar-refractivity contribution in [2.24, 2.45) is 0 Å². The van der Waals surface area contributed by atoms with E-state index < -0.39 is 94.3 Å². The number of carbonyl (C=O) groups excluding carboxylic acids is 6. The van der Waals surface area contributed by atoms with Crippen molar-refractivity contribution in [3.05, 3.63) is 23.5 Å². The van der Waals surface area contributed by atoms with Gasteiger partial charge in [0.25, 0.3) is 0 Å². The van der Waals surface area contributed by atoms with Crippen molar-refractivity contribution in [1.29, 1.82) is 0 Å². The van der Waals surface area contributed by atoms with Gasteiger partial charge in [-0.15, -0.1) is 0 Å². The van der Waals surface area contributed by atoms with Gasteiger partial charge in [0.15, 0.2) is 11.9 Å². The van der Waals surface area contributed by atoms with E-state index >= 15 is 0 Å². The van der Waals surface area contributed by atoms with Crippen molar-refractivity contribution in [2.45, 2.75) is 221 Å². The van der Waals surface area contributed by atoms with E-state index in [1.54, 1.807) is 135 Å². The van der Waals surface area contributed by atoms with Crippen LogP contribution in [-0.4, -0.2) is 87.0 Å². The predicted molar refractivity (Wildman–Crippen MR) is 231 cm³/mol. The first-order chi connectivity index (χ1) is 27.8. The Morgan fingerprint density at radius 2 is 0.919 bits per heavy atom. The molecule has 354 valence electrons. The molecule has 0 aromatic carbocycles. The Morgan fingerprint density at radius 3 is 1.32 bits per heavy atom. The van der Waals surface area contributed by atoms with Gasteiger partial charge in [-0.25, -0.2) is 28.5 Å². The Bertz CT molecular complexity index is 1670. The molecule has 0 fully saturated rings. The zero-order valence-electron chi connectivity index (χ0n) is 40.6. The number of nitrogens with zero attached hydrogens (tertiary/aromatic N) is 1. The number of carbonyl (C=O) groups is 6. The van der Waals surface area contributed by atoms with Gasteiger partial charge in [0.2, 0.25) is 6.20 Å². The Balaban J connectivity index is 3.76. The molecule has 0 bridgehead atoms. The lowest BCUT2D eigenvalue weighted by atomic mass is 9.94. The molecule has 1 aromatic heterocycles. The predicted octanol–water partition coefficient (Wildman–Crippen LogP) is 7.55. The maximum absolute atomic E-state index is 13.5.